The SMILES string of the molecule is CC(C)(C(=O)Nc1cc(Br)cc(C(F)(F)F)c1)C(N)=S. The van der Waals surface area contributed by atoms with E-state index in [4.69, 9.17) is 18.0 Å². The molecule has 0 atom stereocenters. The normalized spacial score (nSPS) is 12.1. The second-order valence-corrected chi connectivity index (χ2v) is 6.03. The van der Waals surface area contributed by atoms with Crippen molar-refractivity contribution in [2.45, 2.75) is 20.0 Å². The van der Waals surface area contributed by atoms with E-state index < -0.39 is 23.1 Å². The summed E-state index contributed by atoms with van der Waals surface area (Å²) in [5.41, 5.74) is 3.43. The molecule has 0 aromatic heterocycles. The number of halogens is 4. The standard InChI is InChI=1S/C12H12BrF3N2OS/c1-11(2,9(17)20)10(19)18-8-4-6(12(14,15)16)3-7(13)5-8/h3-5H,1-2H3,(H2,17,20)(H,18,19). The second kappa shape index (κ2) is 5.69. The number of carbonyl (C=O) groups excluding carboxylic acids is 1. The number of hydrogen-bond acceptors (Lipinski definition) is 2. The highest BCUT2D eigenvalue weighted by molar-refractivity contribution is 9.10. The smallest absolute Gasteiger partial charge is 0.392 e. The molecule has 0 bridgehead atoms. The molecule has 20 heavy (non-hydrogen) atoms. The predicted molar refractivity (Wildman–Crippen MR) is 78.3 cm³/mol. The Hall–Kier alpha value is -1.15. The first-order valence-electron chi connectivity index (χ1n) is 5.43. The monoisotopic (exact) mass is 368 g/mol. The predicted octanol–water partition coefficient (Wildman–Crippen LogP) is 3.72. The van der Waals surface area contributed by atoms with E-state index in [1.54, 1.807) is 0 Å². The Balaban J connectivity index is 3.08. The van der Waals surface area contributed by atoms with Crippen LogP contribution in [0.2, 0.25) is 0 Å². The molecular weight excluding hydrogens is 357 g/mol. The number of rotatable bonds is 3. The summed E-state index contributed by atoms with van der Waals surface area (Å²) in [6.07, 6.45) is -4.50. The van der Waals surface area contributed by atoms with Gasteiger partial charge >= 0.3 is 6.18 Å². The lowest BCUT2D eigenvalue weighted by molar-refractivity contribution is -0.137. The molecule has 0 saturated carbocycles. The van der Waals surface area contributed by atoms with Crippen LogP contribution < -0.4 is 11.1 Å². The maximum Gasteiger partial charge on any atom is 0.416 e. The quantitative estimate of drug-likeness (QED) is 0.799. The zero-order chi connectivity index (χ0) is 15.7. The van der Waals surface area contributed by atoms with Crippen molar-refractivity contribution in [3.05, 3.63) is 28.2 Å². The van der Waals surface area contributed by atoms with Crippen molar-refractivity contribution in [3.8, 4) is 0 Å². The number of benzene rings is 1. The summed E-state index contributed by atoms with van der Waals surface area (Å²) in [6.45, 7) is 2.99. The van der Waals surface area contributed by atoms with E-state index >= 15 is 0 Å². The van der Waals surface area contributed by atoms with Crippen LogP contribution in [0.25, 0.3) is 0 Å². The van der Waals surface area contributed by atoms with Crippen LogP contribution in [-0.2, 0) is 11.0 Å². The molecule has 8 heteroatoms. The highest BCUT2D eigenvalue weighted by atomic mass is 79.9. The van der Waals surface area contributed by atoms with Crippen molar-refractivity contribution in [3.63, 3.8) is 0 Å². The molecule has 1 rings (SSSR count). The van der Waals surface area contributed by atoms with Gasteiger partial charge in [0.2, 0.25) is 5.91 Å². The third-order valence-electron chi connectivity index (χ3n) is 2.67. The fourth-order valence-corrected chi connectivity index (χ4v) is 1.81. The van der Waals surface area contributed by atoms with Gasteiger partial charge in [0.15, 0.2) is 0 Å². The average molecular weight is 369 g/mol. The summed E-state index contributed by atoms with van der Waals surface area (Å²) in [6, 6.07) is 3.13. The first-order valence-corrected chi connectivity index (χ1v) is 6.64. The summed E-state index contributed by atoms with van der Waals surface area (Å²) in [4.78, 5) is 11.9. The van der Waals surface area contributed by atoms with Crippen LogP contribution in [0, 0.1) is 5.41 Å². The maximum absolute atomic E-state index is 12.7. The average Bonchev–Trinajstić information content (AvgIpc) is 2.26. The number of thiocarbonyl (C=S) groups is 1. The Labute approximate surface area is 127 Å². The topological polar surface area (TPSA) is 55.1 Å². The lowest BCUT2D eigenvalue weighted by Gasteiger charge is -2.22. The van der Waals surface area contributed by atoms with Gasteiger partial charge in [0.25, 0.3) is 0 Å². The van der Waals surface area contributed by atoms with E-state index in [0.29, 0.717) is 0 Å². The molecule has 0 spiro atoms. The lowest BCUT2D eigenvalue weighted by atomic mass is 9.92. The molecular formula is C12H12BrF3N2OS. The summed E-state index contributed by atoms with van der Waals surface area (Å²) in [7, 11) is 0. The molecule has 110 valence electrons. The molecule has 1 aromatic carbocycles. The van der Waals surface area contributed by atoms with Crippen LogP contribution in [0.15, 0.2) is 22.7 Å². The summed E-state index contributed by atoms with van der Waals surface area (Å²) in [5.74, 6) is -0.573. The van der Waals surface area contributed by atoms with Gasteiger partial charge < -0.3 is 11.1 Å². The number of carbonyl (C=O) groups is 1. The molecule has 3 nitrogen and oxygen atoms in total. The summed E-state index contributed by atoms with van der Waals surface area (Å²) in [5, 5.41) is 2.38. The molecule has 0 unspecified atom stereocenters. The van der Waals surface area contributed by atoms with Gasteiger partial charge in [-0.3, -0.25) is 4.79 Å². The van der Waals surface area contributed by atoms with Gasteiger partial charge in [0.1, 0.15) is 0 Å². The largest absolute Gasteiger partial charge is 0.416 e. The molecule has 0 aliphatic rings. The Morgan fingerprint density at radius 2 is 1.85 bits per heavy atom. The molecule has 0 saturated heterocycles. The van der Waals surface area contributed by atoms with Gasteiger partial charge in [-0.25, -0.2) is 0 Å². The van der Waals surface area contributed by atoms with Crippen molar-refractivity contribution >= 4 is 44.7 Å². The molecule has 0 aliphatic carbocycles. The zero-order valence-electron chi connectivity index (χ0n) is 10.6. The number of hydrogen-bond donors (Lipinski definition) is 2. The number of anilines is 1. The number of alkyl halides is 3. The fraction of sp³-hybridized carbons (Fsp3) is 0.333. The molecule has 1 amide bonds. The first-order chi connectivity index (χ1) is 8.94. The van der Waals surface area contributed by atoms with E-state index in [1.807, 2.05) is 0 Å². The minimum Gasteiger partial charge on any atom is -0.392 e. The van der Waals surface area contributed by atoms with Crippen LogP contribution in [0.4, 0.5) is 18.9 Å². The van der Waals surface area contributed by atoms with E-state index in [1.165, 1.54) is 19.9 Å². The van der Waals surface area contributed by atoms with Crippen LogP contribution in [0.1, 0.15) is 19.4 Å². The van der Waals surface area contributed by atoms with Crippen molar-refractivity contribution in [2.75, 3.05) is 5.32 Å². The molecule has 1 aromatic rings. The minimum atomic E-state index is -4.50. The van der Waals surface area contributed by atoms with Crippen molar-refractivity contribution < 1.29 is 18.0 Å². The molecule has 0 aliphatic heterocycles. The molecule has 0 radical (unpaired) electrons. The van der Waals surface area contributed by atoms with E-state index in [0.717, 1.165) is 12.1 Å². The molecule has 3 N–H and O–H groups in total. The van der Waals surface area contributed by atoms with Gasteiger partial charge in [-0.15, -0.1) is 0 Å². The van der Waals surface area contributed by atoms with Gasteiger partial charge in [-0.05, 0) is 32.0 Å². The highest BCUT2D eigenvalue weighted by Crippen LogP contribution is 2.33. The Kier molecular flexibility index (Phi) is 4.81. The Bertz CT molecular complexity index is 558. The maximum atomic E-state index is 12.7. The van der Waals surface area contributed by atoms with Crippen LogP contribution in [0.5, 0.6) is 0 Å². The highest BCUT2D eigenvalue weighted by Gasteiger charge is 2.33. The van der Waals surface area contributed by atoms with Gasteiger partial charge in [-0.2, -0.15) is 13.2 Å². The number of nitrogens with two attached hydrogens (primary N) is 1. The van der Waals surface area contributed by atoms with E-state index in [-0.39, 0.29) is 15.1 Å². The summed E-state index contributed by atoms with van der Waals surface area (Å²) >= 11 is 7.74. The number of nitrogens with one attached hydrogen (secondary N) is 1. The van der Waals surface area contributed by atoms with Gasteiger partial charge in [0.05, 0.1) is 16.0 Å². The zero-order valence-corrected chi connectivity index (χ0v) is 13.0. The molecule has 0 fully saturated rings. The van der Waals surface area contributed by atoms with Crippen LogP contribution in [0.3, 0.4) is 0 Å². The van der Waals surface area contributed by atoms with Crippen LogP contribution >= 0.6 is 28.1 Å². The van der Waals surface area contributed by atoms with E-state index in [9.17, 15) is 18.0 Å². The van der Waals surface area contributed by atoms with Crippen molar-refractivity contribution in [2.24, 2.45) is 11.1 Å². The molecule has 0 heterocycles. The first kappa shape index (κ1) is 16.9. The fourth-order valence-electron chi connectivity index (χ4n) is 1.22. The Morgan fingerprint density at radius 3 is 2.30 bits per heavy atom. The van der Waals surface area contributed by atoms with Crippen LogP contribution in [-0.4, -0.2) is 10.9 Å². The summed E-state index contributed by atoms with van der Waals surface area (Å²) < 4.78 is 38.2. The van der Waals surface area contributed by atoms with Gasteiger partial charge in [0, 0.05) is 10.2 Å². The van der Waals surface area contributed by atoms with Crippen molar-refractivity contribution in [1.29, 1.82) is 0 Å². The third-order valence-corrected chi connectivity index (χ3v) is 3.63. The lowest BCUT2D eigenvalue weighted by Crippen LogP contribution is -2.41. The van der Waals surface area contributed by atoms with Crippen molar-refractivity contribution in [1.82, 2.24) is 0 Å². The third kappa shape index (κ3) is 3.92. The Morgan fingerprint density at radius 1 is 1.30 bits per heavy atom. The van der Waals surface area contributed by atoms with E-state index in [2.05, 4.69) is 21.2 Å². The number of amides is 1. The minimum absolute atomic E-state index is 0.0148. The van der Waals surface area contributed by atoms with Gasteiger partial charge in [-0.1, -0.05) is 28.1 Å². The second-order valence-electron chi connectivity index (χ2n) is 4.67.